The molecule has 3 aromatic carbocycles. The number of nitrogens with zero attached hydrogens (tertiary/aromatic N) is 2. The van der Waals surface area contributed by atoms with E-state index in [2.05, 4.69) is 40.2 Å². The van der Waals surface area contributed by atoms with Crippen LogP contribution in [0.3, 0.4) is 0 Å². The van der Waals surface area contributed by atoms with Crippen molar-refractivity contribution in [3.8, 4) is 0 Å². The molecule has 0 saturated carbocycles. The molecule has 0 radical (unpaired) electrons. The summed E-state index contributed by atoms with van der Waals surface area (Å²) in [4.78, 5) is 12.2. The summed E-state index contributed by atoms with van der Waals surface area (Å²) in [5.41, 5.74) is 9.14. The van der Waals surface area contributed by atoms with Crippen molar-refractivity contribution in [3.63, 3.8) is 0 Å². The van der Waals surface area contributed by atoms with Crippen molar-refractivity contribution in [2.45, 2.75) is 39.3 Å². The van der Waals surface area contributed by atoms with Gasteiger partial charge >= 0.3 is 12.2 Å². The maximum Gasteiger partial charge on any atom is 0.416 e. The second kappa shape index (κ2) is 12.0. The third-order valence-corrected chi connectivity index (χ3v) is 5.32. The van der Waals surface area contributed by atoms with E-state index in [1.54, 1.807) is 24.3 Å². The largest absolute Gasteiger partial charge is 0.416 e. The smallest absolute Gasteiger partial charge is 0.306 e. The van der Waals surface area contributed by atoms with Gasteiger partial charge in [-0.3, -0.25) is 5.43 Å². The van der Waals surface area contributed by atoms with Gasteiger partial charge < -0.3 is 5.32 Å². The number of hydrazone groups is 2. The van der Waals surface area contributed by atoms with Gasteiger partial charge in [-0.15, -0.1) is 0 Å². The number of benzene rings is 3. The molecular formula is C27H28F3N5O. The van der Waals surface area contributed by atoms with Crippen molar-refractivity contribution in [2.24, 2.45) is 10.2 Å². The lowest BCUT2D eigenvalue weighted by molar-refractivity contribution is -0.137. The summed E-state index contributed by atoms with van der Waals surface area (Å²) >= 11 is 0. The zero-order valence-electron chi connectivity index (χ0n) is 20.2. The Kier molecular flexibility index (Phi) is 8.83. The summed E-state index contributed by atoms with van der Waals surface area (Å²) < 4.78 is 38.3. The molecule has 3 aromatic rings. The number of amides is 2. The average molecular weight is 496 g/mol. The minimum absolute atomic E-state index is 0.268. The predicted molar refractivity (Wildman–Crippen MR) is 139 cm³/mol. The first kappa shape index (κ1) is 26.5. The van der Waals surface area contributed by atoms with E-state index < -0.39 is 17.8 Å². The monoisotopic (exact) mass is 495 g/mol. The Hall–Kier alpha value is -4.14. The van der Waals surface area contributed by atoms with E-state index in [4.69, 9.17) is 0 Å². The number of hydrogen-bond donors (Lipinski definition) is 3. The van der Waals surface area contributed by atoms with Gasteiger partial charge in [0.2, 0.25) is 0 Å². The number of anilines is 2. The van der Waals surface area contributed by atoms with Crippen LogP contribution in [0.5, 0.6) is 0 Å². The van der Waals surface area contributed by atoms with E-state index in [0.29, 0.717) is 23.4 Å². The number of rotatable bonds is 8. The normalized spacial score (nSPS) is 12.1. The molecular weight excluding hydrogens is 467 g/mol. The quantitative estimate of drug-likeness (QED) is 0.228. The molecule has 0 saturated heterocycles. The highest BCUT2D eigenvalue weighted by atomic mass is 19.4. The van der Waals surface area contributed by atoms with Crippen molar-refractivity contribution in [3.05, 3.63) is 95.1 Å². The van der Waals surface area contributed by atoms with Gasteiger partial charge in [0.05, 0.1) is 23.2 Å². The summed E-state index contributed by atoms with van der Waals surface area (Å²) in [6, 6.07) is 19.2. The molecule has 0 fully saturated rings. The fourth-order valence-corrected chi connectivity index (χ4v) is 3.41. The van der Waals surface area contributed by atoms with Crippen LogP contribution in [-0.2, 0) is 6.18 Å². The molecule has 0 heterocycles. The van der Waals surface area contributed by atoms with Gasteiger partial charge in [0.1, 0.15) is 0 Å². The average Bonchev–Trinajstić information content (AvgIpc) is 2.85. The Morgan fingerprint density at radius 1 is 0.972 bits per heavy atom. The maximum absolute atomic E-state index is 12.8. The Bertz CT molecular complexity index is 1220. The zero-order chi connectivity index (χ0) is 26.1. The van der Waals surface area contributed by atoms with E-state index in [1.807, 2.05) is 31.2 Å². The number of hydrogen-bond acceptors (Lipinski definition) is 4. The van der Waals surface area contributed by atoms with Gasteiger partial charge in [0.15, 0.2) is 0 Å². The van der Waals surface area contributed by atoms with Gasteiger partial charge in [0.25, 0.3) is 0 Å². The van der Waals surface area contributed by atoms with Crippen molar-refractivity contribution < 1.29 is 18.0 Å². The van der Waals surface area contributed by atoms with Crippen LogP contribution in [0.2, 0.25) is 0 Å². The summed E-state index contributed by atoms with van der Waals surface area (Å²) in [5, 5.41) is 11.1. The van der Waals surface area contributed by atoms with Crippen LogP contribution in [-0.4, -0.2) is 18.0 Å². The third kappa shape index (κ3) is 7.43. The van der Waals surface area contributed by atoms with E-state index in [-0.39, 0.29) is 5.92 Å². The highest BCUT2D eigenvalue weighted by Crippen LogP contribution is 2.29. The molecule has 0 aromatic heterocycles. The highest BCUT2D eigenvalue weighted by molar-refractivity contribution is 6.00. The topological polar surface area (TPSA) is 77.9 Å². The van der Waals surface area contributed by atoms with Crippen LogP contribution in [0.1, 0.15) is 55.4 Å². The maximum atomic E-state index is 12.8. The number of alkyl halides is 3. The number of halogens is 3. The lowest BCUT2D eigenvalue weighted by Gasteiger charge is -2.12. The molecule has 0 aliphatic rings. The molecule has 3 rings (SSSR count). The fraction of sp³-hybridized carbons (Fsp3) is 0.222. The number of carbonyl (C=O) groups is 1. The molecule has 0 aliphatic heterocycles. The molecule has 9 heteroatoms. The van der Waals surface area contributed by atoms with Crippen LogP contribution in [0.4, 0.5) is 29.3 Å². The second-order valence-electron chi connectivity index (χ2n) is 8.29. The highest BCUT2D eigenvalue weighted by Gasteiger charge is 2.30. The summed E-state index contributed by atoms with van der Waals surface area (Å²) in [5.74, 6) is 0.268. The Morgan fingerprint density at radius 3 is 2.25 bits per heavy atom. The van der Waals surface area contributed by atoms with Gasteiger partial charge in [-0.2, -0.15) is 23.4 Å². The van der Waals surface area contributed by atoms with Gasteiger partial charge in [0, 0.05) is 5.69 Å². The molecule has 188 valence electrons. The van der Waals surface area contributed by atoms with Crippen LogP contribution >= 0.6 is 0 Å². The number of carbonyl (C=O) groups excluding carboxylic acids is 1. The lowest BCUT2D eigenvalue weighted by atomic mass is 10.0. The van der Waals surface area contributed by atoms with E-state index in [0.717, 1.165) is 28.9 Å². The Balaban J connectivity index is 1.56. The van der Waals surface area contributed by atoms with Gasteiger partial charge in [-0.1, -0.05) is 63.2 Å². The van der Waals surface area contributed by atoms with Gasteiger partial charge in [-0.25, -0.2) is 10.2 Å². The van der Waals surface area contributed by atoms with Crippen LogP contribution in [0, 0.1) is 0 Å². The minimum Gasteiger partial charge on any atom is -0.306 e. The molecule has 36 heavy (non-hydrogen) atoms. The molecule has 0 spiro atoms. The zero-order valence-corrected chi connectivity index (χ0v) is 20.2. The van der Waals surface area contributed by atoms with Gasteiger partial charge in [-0.05, 0) is 59.4 Å². The van der Waals surface area contributed by atoms with E-state index in [1.165, 1.54) is 18.3 Å². The number of nitrogens with one attached hydrogen (secondary N) is 3. The summed E-state index contributed by atoms with van der Waals surface area (Å²) in [6.07, 6.45) is -2.32. The Morgan fingerprint density at radius 2 is 1.64 bits per heavy atom. The number of para-hydroxylation sites is 1. The summed E-state index contributed by atoms with van der Waals surface area (Å²) in [7, 11) is 0. The Labute approximate surface area is 208 Å². The van der Waals surface area contributed by atoms with Crippen molar-refractivity contribution in [1.82, 2.24) is 5.43 Å². The summed E-state index contributed by atoms with van der Waals surface area (Å²) in [6.45, 7) is 5.98. The predicted octanol–water partition coefficient (Wildman–Crippen LogP) is 7.21. The molecule has 6 nitrogen and oxygen atoms in total. The molecule has 0 aliphatic carbocycles. The molecule has 0 unspecified atom stereocenters. The first-order valence-electron chi connectivity index (χ1n) is 11.5. The van der Waals surface area contributed by atoms with Crippen LogP contribution < -0.4 is 16.2 Å². The van der Waals surface area contributed by atoms with Crippen LogP contribution in [0.15, 0.2) is 83.0 Å². The van der Waals surface area contributed by atoms with Crippen LogP contribution in [0.25, 0.3) is 0 Å². The van der Waals surface area contributed by atoms with Crippen molar-refractivity contribution in [1.29, 1.82) is 0 Å². The third-order valence-electron chi connectivity index (χ3n) is 5.32. The first-order valence-corrected chi connectivity index (χ1v) is 11.5. The molecule has 0 atom stereocenters. The van der Waals surface area contributed by atoms with E-state index >= 15 is 0 Å². The van der Waals surface area contributed by atoms with Crippen molar-refractivity contribution >= 4 is 29.3 Å². The molecule has 3 N–H and O–H groups in total. The number of urea groups is 1. The fourth-order valence-electron chi connectivity index (χ4n) is 3.41. The molecule has 0 bridgehead atoms. The SMILES string of the molecule is CC/C(=N\Nc1ccc(C=NNC(=O)Nc2ccccc2C(C)C)cc1)c1ccc(C(F)(F)F)cc1. The standard InChI is InChI=1S/C27H28F3N5O/c1-4-24(20-11-13-21(14-12-20)27(28,29)30)34-33-22-15-9-19(10-16-22)17-31-35-26(36)32-25-8-6-5-7-23(25)18(2)3/h5-18,33H,4H2,1-3H3,(H2,32,35,36)/b31-17?,34-24+. The first-order chi connectivity index (χ1) is 17.2. The lowest BCUT2D eigenvalue weighted by Crippen LogP contribution is -2.24. The van der Waals surface area contributed by atoms with Crippen molar-refractivity contribution in [2.75, 3.05) is 10.7 Å². The molecule has 2 amide bonds. The van der Waals surface area contributed by atoms with E-state index in [9.17, 15) is 18.0 Å². The second-order valence-corrected chi connectivity index (χ2v) is 8.29. The minimum atomic E-state index is -4.37.